The van der Waals surface area contributed by atoms with Gasteiger partial charge in [0.1, 0.15) is 6.04 Å². The molecule has 1 rings (SSSR count). The molecule has 1 atom stereocenters. The Morgan fingerprint density at radius 3 is 2.69 bits per heavy atom. The standard InChI is InChI=1S/C18H27N3O4S/c1-3-4-5-6-7-8-17-21-14(12-26-17)9-10-15(22)19-11-16(23)20-13(2)18(24)25/h9-10,12-13H,3-8,11H2,1-2H3,(H,19,22)(H,20,23)(H,24,25)/b10-9+. The van der Waals surface area contributed by atoms with Crippen LogP contribution in [0.25, 0.3) is 6.08 Å². The van der Waals surface area contributed by atoms with Crippen LogP contribution in [0.15, 0.2) is 11.5 Å². The maximum absolute atomic E-state index is 11.7. The van der Waals surface area contributed by atoms with Gasteiger partial charge in [-0.05, 0) is 25.8 Å². The number of thiazole rings is 1. The molecule has 0 aliphatic carbocycles. The van der Waals surface area contributed by atoms with Crippen LogP contribution < -0.4 is 10.6 Å². The van der Waals surface area contributed by atoms with Gasteiger partial charge in [0, 0.05) is 11.5 Å². The van der Waals surface area contributed by atoms with E-state index in [9.17, 15) is 14.4 Å². The summed E-state index contributed by atoms with van der Waals surface area (Å²) in [7, 11) is 0. The normalized spacial score (nSPS) is 12.1. The van der Waals surface area contributed by atoms with E-state index < -0.39 is 23.8 Å². The molecule has 1 unspecified atom stereocenters. The van der Waals surface area contributed by atoms with Gasteiger partial charge in [0.2, 0.25) is 11.8 Å². The molecule has 0 aromatic carbocycles. The van der Waals surface area contributed by atoms with Crippen molar-refractivity contribution < 1.29 is 19.5 Å². The molecule has 0 bridgehead atoms. The average Bonchev–Trinajstić information content (AvgIpc) is 3.05. The van der Waals surface area contributed by atoms with Gasteiger partial charge in [0.25, 0.3) is 0 Å². The third-order valence-electron chi connectivity index (χ3n) is 3.64. The van der Waals surface area contributed by atoms with Gasteiger partial charge >= 0.3 is 5.97 Å². The summed E-state index contributed by atoms with van der Waals surface area (Å²) in [6.45, 7) is 3.27. The molecule has 1 aromatic heterocycles. The van der Waals surface area contributed by atoms with Crippen molar-refractivity contribution in [1.29, 1.82) is 0 Å². The molecule has 7 nitrogen and oxygen atoms in total. The van der Waals surface area contributed by atoms with E-state index in [1.54, 1.807) is 17.4 Å². The van der Waals surface area contributed by atoms with Crippen LogP contribution in [0.5, 0.6) is 0 Å². The molecular weight excluding hydrogens is 354 g/mol. The third-order valence-corrected chi connectivity index (χ3v) is 4.57. The molecule has 0 saturated heterocycles. The molecule has 0 saturated carbocycles. The van der Waals surface area contributed by atoms with Crippen LogP contribution in [-0.4, -0.2) is 40.5 Å². The van der Waals surface area contributed by atoms with E-state index in [1.165, 1.54) is 38.7 Å². The van der Waals surface area contributed by atoms with Gasteiger partial charge in [0.05, 0.1) is 17.2 Å². The van der Waals surface area contributed by atoms with E-state index in [-0.39, 0.29) is 6.54 Å². The highest BCUT2D eigenvalue weighted by Crippen LogP contribution is 2.15. The summed E-state index contributed by atoms with van der Waals surface area (Å²) in [5.74, 6) is -2.12. The molecule has 144 valence electrons. The number of rotatable bonds is 12. The second-order valence-corrected chi connectivity index (χ2v) is 6.95. The topological polar surface area (TPSA) is 108 Å². The number of hydrogen-bond donors (Lipinski definition) is 3. The first kappa shape index (κ1) is 21.8. The number of nitrogens with one attached hydrogen (secondary N) is 2. The zero-order chi connectivity index (χ0) is 19.4. The predicted molar refractivity (Wildman–Crippen MR) is 102 cm³/mol. The van der Waals surface area contributed by atoms with Gasteiger partial charge in [0.15, 0.2) is 0 Å². The summed E-state index contributed by atoms with van der Waals surface area (Å²) in [6.07, 6.45) is 9.97. The molecule has 0 aliphatic rings. The first-order valence-electron chi connectivity index (χ1n) is 8.84. The average molecular weight is 381 g/mol. The number of carbonyl (C=O) groups excluding carboxylic acids is 2. The van der Waals surface area contributed by atoms with Crippen molar-refractivity contribution in [2.24, 2.45) is 0 Å². The molecule has 1 heterocycles. The van der Waals surface area contributed by atoms with Crippen molar-refractivity contribution in [3.8, 4) is 0 Å². The molecule has 0 aliphatic heterocycles. The maximum atomic E-state index is 11.7. The van der Waals surface area contributed by atoms with Crippen molar-refractivity contribution in [3.63, 3.8) is 0 Å². The first-order chi connectivity index (χ1) is 12.4. The lowest BCUT2D eigenvalue weighted by atomic mass is 10.1. The lowest BCUT2D eigenvalue weighted by molar-refractivity contribution is -0.141. The Bertz CT molecular complexity index is 628. The zero-order valence-corrected chi connectivity index (χ0v) is 16.1. The lowest BCUT2D eigenvalue weighted by Crippen LogP contribution is -2.43. The summed E-state index contributed by atoms with van der Waals surface area (Å²) < 4.78 is 0. The van der Waals surface area contributed by atoms with E-state index in [2.05, 4.69) is 22.5 Å². The molecule has 1 aromatic rings. The first-order valence-corrected chi connectivity index (χ1v) is 9.72. The van der Waals surface area contributed by atoms with Crippen LogP contribution in [-0.2, 0) is 20.8 Å². The van der Waals surface area contributed by atoms with Crippen LogP contribution in [0.4, 0.5) is 0 Å². The SMILES string of the molecule is CCCCCCCc1nc(/C=C/C(=O)NCC(=O)NC(C)C(=O)O)cs1. The number of aromatic nitrogens is 1. The van der Waals surface area contributed by atoms with Crippen molar-refractivity contribution >= 4 is 35.2 Å². The van der Waals surface area contributed by atoms with Crippen molar-refractivity contribution in [1.82, 2.24) is 15.6 Å². The van der Waals surface area contributed by atoms with Gasteiger partial charge in [-0.1, -0.05) is 32.6 Å². The van der Waals surface area contributed by atoms with Crippen molar-refractivity contribution in [2.75, 3.05) is 6.54 Å². The quantitative estimate of drug-likeness (QED) is 0.380. The number of carbonyl (C=O) groups is 3. The largest absolute Gasteiger partial charge is 0.480 e. The summed E-state index contributed by atoms with van der Waals surface area (Å²) >= 11 is 1.58. The number of carboxylic acids is 1. The van der Waals surface area contributed by atoms with Crippen LogP contribution in [0.3, 0.4) is 0 Å². The summed E-state index contributed by atoms with van der Waals surface area (Å²) in [5, 5.41) is 16.3. The summed E-state index contributed by atoms with van der Waals surface area (Å²) in [4.78, 5) is 38.3. The number of nitrogens with zero attached hydrogens (tertiary/aromatic N) is 1. The zero-order valence-electron chi connectivity index (χ0n) is 15.3. The van der Waals surface area contributed by atoms with Gasteiger partial charge < -0.3 is 15.7 Å². The van der Waals surface area contributed by atoms with Crippen LogP contribution >= 0.6 is 11.3 Å². The third kappa shape index (κ3) is 9.31. The highest BCUT2D eigenvalue weighted by molar-refractivity contribution is 7.09. The Kier molecular flexibility index (Phi) is 10.2. The van der Waals surface area contributed by atoms with E-state index in [4.69, 9.17) is 5.11 Å². The second kappa shape index (κ2) is 12.2. The smallest absolute Gasteiger partial charge is 0.325 e. The molecule has 0 radical (unpaired) electrons. The Balaban J connectivity index is 2.30. The highest BCUT2D eigenvalue weighted by atomic mass is 32.1. The Hall–Kier alpha value is -2.22. The van der Waals surface area contributed by atoms with Gasteiger partial charge in [-0.15, -0.1) is 11.3 Å². The molecular formula is C18H27N3O4S. The van der Waals surface area contributed by atoms with Crippen LogP contribution in [0.2, 0.25) is 0 Å². The number of aryl methyl sites for hydroxylation is 1. The fraction of sp³-hybridized carbons (Fsp3) is 0.556. The fourth-order valence-electron chi connectivity index (χ4n) is 2.14. The molecule has 2 amide bonds. The highest BCUT2D eigenvalue weighted by Gasteiger charge is 2.13. The number of amides is 2. The minimum atomic E-state index is -1.13. The minimum absolute atomic E-state index is 0.277. The van der Waals surface area contributed by atoms with Crippen molar-refractivity contribution in [3.05, 3.63) is 22.2 Å². The fourth-order valence-corrected chi connectivity index (χ4v) is 2.95. The minimum Gasteiger partial charge on any atom is -0.480 e. The number of carboxylic acid groups (broad SMARTS) is 1. The maximum Gasteiger partial charge on any atom is 0.325 e. The monoisotopic (exact) mass is 381 g/mol. The summed E-state index contributed by atoms with van der Waals surface area (Å²) in [5.41, 5.74) is 0.720. The van der Waals surface area contributed by atoms with E-state index in [1.807, 2.05) is 5.38 Å². The summed E-state index contributed by atoms with van der Waals surface area (Å²) in [6, 6.07) is -0.995. The number of aliphatic carboxylic acids is 1. The Labute approximate surface area is 157 Å². The van der Waals surface area contributed by atoms with Gasteiger partial charge in [-0.3, -0.25) is 14.4 Å². The molecule has 8 heteroatoms. The van der Waals surface area contributed by atoms with Crippen LogP contribution in [0.1, 0.15) is 56.7 Å². The molecule has 0 spiro atoms. The molecule has 0 fully saturated rings. The van der Waals surface area contributed by atoms with Gasteiger partial charge in [-0.2, -0.15) is 0 Å². The number of unbranched alkanes of at least 4 members (excludes halogenated alkanes) is 4. The van der Waals surface area contributed by atoms with E-state index in [0.29, 0.717) is 0 Å². The number of hydrogen-bond acceptors (Lipinski definition) is 5. The molecule has 26 heavy (non-hydrogen) atoms. The Morgan fingerprint density at radius 1 is 1.27 bits per heavy atom. The Morgan fingerprint density at radius 2 is 2.00 bits per heavy atom. The predicted octanol–water partition coefficient (Wildman–Crippen LogP) is 2.37. The van der Waals surface area contributed by atoms with Gasteiger partial charge in [-0.25, -0.2) is 4.98 Å². The van der Waals surface area contributed by atoms with E-state index in [0.717, 1.165) is 23.5 Å². The molecule has 3 N–H and O–H groups in total. The van der Waals surface area contributed by atoms with E-state index >= 15 is 0 Å². The lowest BCUT2D eigenvalue weighted by Gasteiger charge is -2.08. The van der Waals surface area contributed by atoms with Crippen molar-refractivity contribution in [2.45, 2.75) is 58.4 Å². The van der Waals surface area contributed by atoms with Crippen LogP contribution in [0, 0.1) is 0 Å². The second-order valence-electron chi connectivity index (χ2n) is 6.01.